The molecule has 24 heavy (non-hydrogen) atoms. The first-order valence-electron chi connectivity index (χ1n) is 8.09. The van der Waals surface area contributed by atoms with Crippen LogP contribution in [-0.4, -0.2) is 54.9 Å². The van der Waals surface area contributed by atoms with Crippen LogP contribution in [0.2, 0.25) is 0 Å². The van der Waals surface area contributed by atoms with Crippen molar-refractivity contribution >= 4 is 5.91 Å². The molecule has 0 bridgehead atoms. The monoisotopic (exact) mass is 347 g/mol. The standard InChI is InChI=1S/C16H24F3N3O2/c1-20-15(23)14-7-6-12(21(14)2)13-5-3-4-8-22(13)9-10-24-11-16(17,18)19/h6-7,13H,3-5,8-11H2,1-2H3,(H,20,23). The number of carbonyl (C=O) groups is 1. The number of likely N-dealkylation sites (tertiary alicyclic amines) is 1. The van der Waals surface area contributed by atoms with Crippen LogP contribution in [0.3, 0.4) is 0 Å². The summed E-state index contributed by atoms with van der Waals surface area (Å²) in [6.45, 7) is 0.0982. The van der Waals surface area contributed by atoms with Gasteiger partial charge >= 0.3 is 6.18 Å². The van der Waals surface area contributed by atoms with Crippen LogP contribution in [-0.2, 0) is 11.8 Å². The summed E-state index contributed by atoms with van der Waals surface area (Å²) in [7, 11) is 3.42. The van der Waals surface area contributed by atoms with Gasteiger partial charge in [0.15, 0.2) is 0 Å². The molecule has 1 aliphatic heterocycles. The van der Waals surface area contributed by atoms with Crippen LogP contribution in [0.4, 0.5) is 13.2 Å². The van der Waals surface area contributed by atoms with E-state index in [0.29, 0.717) is 12.2 Å². The highest BCUT2D eigenvalue weighted by molar-refractivity contribution is 5.92. The molecule has 0 saturated carbocycles. The van der Waals surface area contributed by atoms with E-state index in [-0.39, 0.29) is 18.6 Å². The molecule has 1 atom stereocenters. The molecule has 5 nitrogen and oxygen atoms in total. The SMILES string of the molecule is CNC(=O)c1ccc(C2CCCCN2CCOCC(F)(F)F)n1C. The normalized spacial score (nSPS) is 19.5. The number of hydrogen-bond donors (Lipinski definition) is 1. The molecule has 0 aliphatic carbocycles. The first kappa shape index (κ1) is 18.8. The van der Waals surface area contributed by atoms with Crippen LogP contribution >= 0.6 is 0 Å². The zero-order valence-corrected chi connectivity index (χ0v) is 14.0. The Morgan fingerprint density at radius 2 is 2.12 bits per heavy atom. The third-order valence-electron chi connectivity index (χ3n) is 4.36. The van der Waals surface area contributed by atoms with Crippen molar-refractivity contribution in [1.82, 2.24) is 14.8 Å². The molecule has 0 aromatic carbocycles. The van der Waals surface area contributed by atoms with Crippen LogP contribution in [0.25, 0.3) is 0 Å². The Bertz CT molecular complexity index is 557. The number of rotatable bonds is 6. The van der Waals surface area contributed by atoms with Gasteiger partial charge in [0.05, 0.1) is 12.6 Å². The van der Waals surface area contributed by atoms with Crippen molar-refractivity contribution in [2.45, 2.75) is 31.5 Å². The maximum atomic E-state index is 12.1. The Morgan fingerprint density at radius 1 is 1.38 bits per heavy atom. The summed E-state index contributed by atoms with van der Waals surface area (Å²) >= 11 is 0. The Labute approximate surface area is 139 Å². The number of carbonyl (C=O) groups excluding carboxylic acids is 1. The van der Waals surface area contributed by atoms with Crippen molar-refractivity contribution < 1.29 is 22.7 Å². The minimum atomic E-state index is -4.29. The summed E-state index contributed by atoms with van der Waals surface area (Å²) in [6, 6.07) is 3.79. The summed E-state index contributed by atoms with van der Waals surface area (Å²) in [5, 5.41) is 2.61. The summed E-state index contributed by atoms with van der Waals surface area (Å²) in [5.41, 5.74) is 1.58. The fourth-order valence-corrected chi connectivity index (χ4v) is 3.18. The predicted molar refractivity (Wildman–Crippen MR) is 83.8 cm³/mol. The van der Waals surface area contributed by atoms with Gasteiger partial charge in [-0.05, 0) is 31.5 Å². The van der Waals surface area contributed by atoms with E-state index < -0.39 is 12.8 Å². The lowest BCUT2D eigenvalue weighted by atomic mass is 9.99. The maximum absolute atomic E-state index is 12.1. The van der Waals surface area contributed by atoms with E-state index in [1.165, 1.54) is 0 Å². The van der Waals surface area contributed by atoms with Crippen molar-refractivity contribution in [2.75, 3.05) is 33.4 Å². The van der Waals surface area contributed by atoms with Gasteiger partial charge in [0.25, 0.3) is 5.91 Å². The minimum absolute atomic E-state index is 0.0444. The van der Waals surface area contributed by atoms with Crippen molar-refractivity contribution in [3.63, 3.8) is 0 Å². The number of aromatic nitrogens is 1. The van der Waals surface area contributed by atoms with Crippen molar-refractivity contribution in [2.24, 2.45) is 7.05 Å². The highest BCUT2D eigenvalue weighted by atomic mass is 19.4. The lowest BCUT2D eigenvalue weighted by molar-refractivity contribution is -0.175. The molecule has 136 valence electrons. The third kappa shape index (κ3) is 4.73. The van der Waals surface area contributed by atoms with Crippen molar-refractivity contribution in [3.05, 3.63) is 23.5 Å². The zero-order valence-electron chi connectivity index (χ0n) is 14.0. The topological polar surface area (TPSA) is 46.5 Å². The minimum Gasteiger partial charge on any atom is -0.371 e. The number of nitrogens with zero attached hydrogens (tertiary/aromatic N) is 2. The third-order valence-corrected chi connectivity index (χ3v) is 4.36. The van der Waals surface area contributed by atoms with Gasteiger partial charge in [-0.1, -0.05) is 6.42 Å². The van der Waals surface area contributed by atoms with Gasteiger partial charge in [0.1, 0.15) is 12.3 Å². The fourth-order valence-electron chi connectivity index (χ4n) is 3.18. The largest absolute Gasteiger partial charge is 0.411 e. The smallest absolute Gasteiger partial charge is 0.371 e. The van der Waals surface area contributed by atoms with Crippen LogP contribution in [0.15, 0.2) is 12.1 Å². The number of ether oxygens (including phenoxy) is 1. The van der Waals surface area contributed by atoms with E-state index in [1.54, 1.807) is 13.1 Å². The van der Waals surface area contributed by atoms with Crippen LogP contribution in [0.1, 0.15) is 41.5 Å². The van der Waals surface area contributed by atoms with E-state index in [4.69, 9.17) is 4.74 Å². The average Bonchev–Trinajstić information content (AvgIpc) is 2.92. The van der Waals surface area contributed by atoms with Crippen molar-refractivity contribution in [3.8, 4) is 0 Å². The Morgan fingerprint density at radius 3 is 2.79 bits per heavy atom. The lowest BCUT2D eigenvalue weighted by Gasteiger charge is -2.36. The molecule has 1 aliphatic rings. The molecule has 1 aromatic rings. The van der Waals surface area contributed by atoms with E-state index in [0.717, 1.165) is 31.5 Å². The van der Waals surface area contributed by atoms with Gasteiger partial charge in [-0.3, -0.25) is 9.69 Å². The van der Waals surface area contributed by atoms with Crippen LogP contribution in [0, 0.1) is 0 Å². The number of halogens is 3. The van der Waals surface area contributed by atoms with E-state index >= 15 is 0 Å². The van der Waals surface area contributed by atoms with Gasteiger partial charge in [0.2, 0.25) is 0 Å². The second-order valence-corrected chi connectivity index (χ2v) is 6.00. The molecule has 1 amide bonds. The second kappa shape index (κ2) is 8.02. The van der Waals surface area contributed by atoms with Crippen LogP contribution in [0.5, 0.6) is 0 Å². The van der Waals surface area contributed by atoms with E-state index in [9.17, 15) is 18.0 Å². The maximum Gasteiger partial charge on any atom is 0.411 e. The molecule has 0 spiro atoms. The number of amides is 1. The molecular formula is C16H24F3N3O2. The molecule has 2 rings (SSSR count). The summed E-state index contributed by atoms with van der Waals surface area (Å²) in [4.78, 5) is 14.0. The van der Waals surface area contributed by atoms with Crippen molar-refractivity contribution in [1.29, 1.82) is 0 Å². The number of piperidine rings is 1. The summed E-state index contributed by atoms with van der Waals surface area (Å²) < 4.78 is 43.0. The van der Waals surface area contributed by atoms with Crippen LogP contribution < -0.4 is 5.32 Å². The predicted octanol–water partition coefficient (Wildman–Crippen LogP) is 2.49. The first-order valence-corrected chi connectivity index (χ1v) is 8.09. The van der Waals surface area contributed by atoms with E-state index in [1.807, 2.05) is 17.7 Å². The Kier molecular flexibility index (Phi) is 6.28. The first-order chi connectivity index (χ1) is 11.3. The highest BCUT2D eigenvalue weighted by Gasteiger charge is 2.29. The van der Waals surface area contributed by atoms with E-state index in [2.05, 4.69) is 10.2 Å². The molecule has 1 saturated heterocycles. The molecule has 8 heteroatoms. The molecular weight excluding hydrogens is 323 g/mol. The van der Waals surface area contributed by atoms with Gasteiger partial charge in [-0.2, -0.15) is 13.2 Å². The molecule has 2 heterocycles. The molecule has 1 fully saturated rings. The van der Waals surface area contributed by atoms with Gasteiger partial charge in [0, 0.05) is 26.3 Å². The quantitative estimate of drug-likeness (QED) is 0.805. The second-order valence-electron chi connectivity index (χ2n) is 6.00. The molecule has 1 unspecified atom stereocenters. The number of hydrogen-bond acceptors (Lipinski definition) is 3. The number of nitrogens with one attached hydrogen (secondary N) is 1. The average molecular weight is 347 g/mol. The fraction of sp³-hybridized carbons (Fsp3) is 0.688. The van der Waals surface area contributed by atoms with Gasteiger partial charge < -0.3 is 14.6 Å². The molecule has 1 N–H and O–H groups in total. The highest BCUT2D eigenvalue weighted by Crippen LogP contribution is 2.31. The lowest BCUT2D eigenvalue weighted by Crippen LogP contribution is -2.37. The Balaban J connectivity index is 2.01. The zero-order chi connectivity index (χ0) is 17.7. The molecule has 1 aromatic heterocycles. The summed E-state index contributed by atoms with van der Waals surface area (Å²) in [6.07, 6.45) is -1.29. The Hall–Kier alpha value is -1.54. The van der Waals surface area contributed by atoms with Gasteiger partial charge in [-0.25, -0.2) is 0 Å². The number of alkyl halides is 3. The van der Waals surface area contributed by atoms with Gasteiger partial charge in [-0.15, -0.1) is 0 Å². The molecule has 0 radical (unpaired) electrons. The summed E-state index contributed by atoms with van der Waals surface area (Å²) in [5.74, 6) is -0.153.